The van der Waals surface area contributed by atoms with Crippen LogP contribution in [0.4, 0.5) is 4.79 Å². The Morgan fingerprint density at radius 1 is 1.20 bits per heavy atom. The van der Waals surface area contributed by atoms with Crippen molar-refractivity contribution >= 4 is 6.09 Å². The fourth-order valence-electron chi connectivity index (χ4n) is 2.40. The summed E-state index contributed by atoms with van der Waals surface area (Å²) in [5.41, 5.74) is 0. The second-order valence-electron chi connectivity index (χ2n) is 4.61. The van der Waals surface area contributed by atoms with Gasteiger partial charge in [-0.25, -0.2) is 4.79 Å². The summed E-state index contributed by atoms with van der Waals surface area (Å²) in [5, 5.41) is 0. The van der Waals surface area contributed by atoms with Crippen molar-refractivity contribution in [2.45, 2.75) is 44.9 Å². The van der Waals surface area contributed by atoms with Crippen LogP contribution in [0.15, 0.2) is 0 Å². The fourth-order valence-corrected chi connectivity index (χ4v) is 2.40. The second kappa shape index (κ2) is 5.38. The van der Waals surface area contributed by atoms with Crippen LogP contribution in [0.3, 0.4) is 0 Å². The molecule has 0 bridgehead atoms. The minimum Gasteiger partial charge on any atom is -0.449 e. The number of nitrogens with zero attached hydrogens (tertiary/aromatic N) is 1. The molecule has 0 aromatic rings. The molecule has 0 radical (unpaired) electrons. The van der Waals surface area contributed by atoms with Crippen molar-refractivity contribution < 1.29 is 10.9 Å². The van der Waals surface area contributed by atoms with Crippen LogP contribution in [-0.4, -0.2) is 30.7 Å². The highest BCUT2D eigenvalue weighted by Crippen LogP contribution is 2.24. The van der Waals surface area contributed by atoms with Gasteiger partial charge in [-0.05, 0) is 31.6 Å². The van der Waals surface area contributed by atoms with Crippen molar-refractivity contribution in [1.82, 2.24) is 4.90 Å². The lowest BCUT2D eigenvalue weighted by atomic mass is 9.90. The second-order valence-corrected chi connectivity index (χ2v) is 4.61. The molecule has 0 spiro atoms. The topological polar surface area (TPSA) is 29.5 Å². The van der Waals surface area contributed by atoms with Crippen LogP contribution >= 0.6 is 0 Å². The SMILES string of the molecule is [2H]C(OC(=O)N1CCCC1)C1CCCCC1. The van der Waals surface area contributed by atoms with Crippen LogP contribution in [0.25, 0.3) is 0 Å². The Morgan fingerprint density at radius 2 is 1.87 bits per heavy atom. The van der Waals surface area contributed by atoms with Gasteiger partial charge in [0.25, 0.3) is 0 Å². The number of ether oxygens (including phenoxy) is 1. The first kappa shape index (κ1) is 9.49. The summed E-state index contributed by atoms with van der Waals surface area (Å²) in [5.74, 6) is 0.264. The number of carbonyl (C=O) groups excluding carboxylic acids is 1. The van der Waals surface area contributed by atoms with Gasteiger partial charge in [0.1, 0.15) is 0 Å². The lowest BCUT2D eigenvalue weighted by Crippen LogP contribution is -2.30. The predicted octanol–water partition coefficient (Wildman–Crippen LogP) is 2.80. The Morgan fingerprint density at radius 3 is 2.53 bits per heavy atom. The standard InChI is InChI=1S/C12H21NO2/c14-12(13-8-4-5-9-13)15-10-11-6-2-1-3-7-11/h11H,1-10H2/i10D. The van der Waals surface area contributed by atoms with E-state index >= 15 is 0 Å². The van der Waals surface area contributed by atoms with E-state index in [1.165, 1.54) is 19.3 Å². The molecule has 2 rings (SSSR count). The highest BCUT2D eigenvalue weighted by atomic mass is 16.6. The smallest absolute Gasteiger partial charge is 0.409 e. The van der Waals surface area contributed by atoms with Crippen molar-refractivity contribution in [3.63, 3.8) is 0 Å². The summed E-state index contributed by atoms with van der Waals surface area (Å²) in [4.78, 5) is 13.4. The molecule has 1 aliphatic heterocycles. The molecule has 1 heterocycles. The van der Waals surface area contributed by atoms with E-state index in [4.69, 9.17) is 6.11 Å². The van der Waals surface area contributed by atoms with Gasteiger partial charge >= 0.3 is 6.09 Å². The van der Waals surface area contributed by atoms with Crippen LogP contribution in [0.5, 0.6) is 0 Å². The summed E-state index contributed by atoms with van der Waals surface area (Å²) < 4.78 is 13.1. The lowest BCUT2D eigenvalue weighted by Gasteiger charge is -2.22. The minimum absolute atomic E-state index is 0.264. The summed E-state index contributed by atoms with van der Waals surface area (Å²) in [6.45, 7) is 0.959. The molecule has 1 atom stereocenters. The molecule has 3 nitrogen and oxygen atoms in total. The Hall–Kier alpha value is -0.730. The van der Waals surface area contributed by atoms with Gasteiger partial charge in [0.2, 0.25) is 0 Å². The van der Waals surface area contributed by atoms with Crippen LogP contribution < -0.4 is 0 Å². The van der Waals surface area contributed by atoms with Crippen molar-refractivity contribution in [3.8, 4) is 0 Å². The molecule has 0 N–H and O–H groups in total. The molecule has 1 aliphatic carbocycles. The fraction of sp³-hybridized carbons (Fsp3) is 0.917. The first-order valence-electron chi connectivity index (χ1n) is 6.73. The van der Waals surface area contributed by atoms with E-state index in [9.17, 15) is 4.79 Å². The lowest BCUT2D eigenvalue weighted by molar-refractivity contribution is 0.0868. The molecule has 2 fully saturated rings. The molecular weight excluding hydrogens is 190 g/mol. The molecule has 2 aliphatic rings. The highest BCUT2D eigenvalue weighted by Gasteiger charge is 2.21. The Labute approximate surface area is 93.2 Å². The normalized spacial score (nSPS) is 26.1. The molecule has 3 heteroatoms. The maximum atomic E-state index is 11.7. The Bertz CT molecular complexity index is 235. The monoisotopic (exact) mass is 212 g/mol. The molecule has 15 heavy (non-hydrogen) atoms. The largest absolute Gasteiger partial charge is 0.449 e. The maximum absolute atomic E-state index is 11.7. The molecule has 1 unspecified atom stereocenters. The molecule has 1 saturated heterocycles. The van der Waals surface area contributed by atoms with Gasteiger partial charge < -0.3 is 9.64 Å². The van der Waals surface area contributed by atoms with Crippen LogP contribution in [0.1, 0.15) is 46.3 Å². The van der Waals surface area contributed by atoms with E-state index in [-0.39, 0.29) is 12.0 Å². The van der Waals surface area contributed by atoms with E-state index in [1.54, 1.807) is 4.90 Å². The first-order valence-corrected chi connectivity index (χ1v) is 6.15. The molecule has 0 aromatic carbocycles. The summed E-state index contributed by atoms with van der Waals surface area (Å²) in [7, 11) is 0. The van der Waals surface area contributed by atoms with Crippen molar-refractivity contribution in [1.29, 1.82) is 0 Å². The highest BCUT2D eigenvalue weighted by molar-refractivity contribution is 5.67. The maximum Gasteiger partial charge on any atom is 0.409 e. The Kier molecular flexibility index (Phi) is 3.40. The van der Waals surface area contributed by atoms with Crippen LogP contribution in [-0.2, 0) is 4.74 Å². The number of rotatable bonds is 2. The number of carbonyl (C=O) groups is 1. The van der Waals surface area contributed by atoms with E-state index in [1.807, 2.05) is 0 Å². The van der Waals surface area contributed by atoms with Gasteiger partial charge in [-0.3, -0.25) is 0 Å². The number of likely N-dealkylation sites (tertiary alicyclic amines) is 1. The van der Waals surface area contributed by atoms with E-state index in [0.29, 0.717) is 0 Å². The van der Waals surface area contributed by atoms with Crippen molar-refractivity contribution in [2.75, 3.05) is 19.7 Å². The van der Waals surface area contributed by atoms with E-state index in [0.717, 1.165) is 38.8 Å². The van der Waals surface area contributed by atoms with Crippen LogP contribution in [0, 0.1) is 5.92 Å². The zero-order chi connectivity index (χ0) is 11.4. The van der Waals surface area contributed by atoms with Crippen molar-refractivity contribution in [3.05, 3.63) is 0 Å². The number of hydrogen-bond donors (Lipinski definition) is 0. The summed E-state index contributed by atoms with van der Waals surface area (Å²) >= 11 is 0. The summed E-state index contributed by atoms with van der Waals surface area (Å²) in [6, 6.07) is 0. The third kappa shape index (κ3) is 3.11. The average molecular weight is 212 g/mol. The van der Waals surface area contributed by atoms with Gasteiger partial charge in [0.05, 0.1) is 7.95 Å². The number of hydrogen-bond acceptors (Lipinski definition) is 2. The molecule has 1 amide bonds. The van der Waals surface area contributed by atoms with Gasteiger partial charge in [0, 0.05) is 13.1 Å². The third-order valence-electron chi connectivity index (χ3n) is 3.38. The number of amides is 1. The third-order valence-corrected chi connectivity index (χ3v) is 3.38. The minimum atomic E-state index is -0.645. The predicted molar refractivity (Wildman–Crippen MR) is 58.7 cm³/mol. The molecule has 86 valence electrons. The Balaban J connectivity index is 1.76. The van der Waals surface area contributed by atoms with E-state index in [2.05, 4.69) is 0 Å². The van der Waals surface area contributed by atoms with Gasteiger partial charge in [-0.15, -0.1) is 0 Å². The van der Waals surface area contributed by atoms with Gasteiger partial charge in [-0.2, -0.15) is 0 Å². The average Bonchev–Trinajstić information content (AvgIpc) is 2.83. The van der Waals surface area contributed by atoms with Crippen molar-refractivity contribution in [2.24, 2.45) is 5.92 Å². The van der Waals surface area contributed by atoms with Gasteiger partial charge in [-0.1, -0.05) is 19.3 Å². The van der Waals surface area contributed by atoms with Gasteiger partial charge in [0.15, 0.2) is 0 Å². The molecule has 1 saturated carbocycles. The van der Waals surface area contributed by atoms with Crippen LogP contribution in [0.2, 0.25) is 0 Å². The molecule has 0 aromatic heterocycles. The molecular formula is C12H21NO2. The first-order chi connectivity index (χ1) is 7.77. The zero-order valence-electron chi connectivity index (χ0n) is 10.3. The zero-order valence-corrected chi connectivity index (χ0v) is 9.28. The van der Waals surface area contributed by atoms with E-state index < -0.39 is 6.58 Å². The summed E-state index contributed by atoms with van der Waals surface area (Å²) in [6.07, 6.45) is 7.58. The quantitative estimate of drug-likeness (QED) is 0.704.